The van der Waals surface area contributed by atoms with Gasteiger partial charge in [0.15, 0.2) is 0 Å². The van der Waals surface area contributed by atoms with Gasteiger partial charge in [0.05, 0.1) is 0 Å². The average molecular weight is 274 g/mol. The van der Waals surface area contributed by atoms with Gasteiger partial charge in [-0.25, -0.2) is 0 Å². The zero-order chi connectivity index (χ0) is 13.4. The SMILES string of the molecule is O=C(O)C(Sc1ccc(O)c2ccccc12)C1CC1. The summed E-state index contributed by atoms with van der Waals surface area (Å²) < 4.78 is 0. The summed E-state index contributed by atoms with van der Waals surface area (Å²) in [5.41, 5.74) is 0. The predicted octanol–water partition coefficient (Wildman–Crippen LogP) is 3.50. The Balaban J connectivity index is 2.00. The molecule has 0 amide bonds. The van der Waals surface area contributed by atoms with E-state index in [4.69, 9.17) is 0 Å². The van der Waals surface area contributed by atoms with E-state index in [1.54, 1.807) is 12.1 Å². The highest BCUT2D eigenvalue weighted by Crippen LogP contribution is 2.44. The molecule has 4 heteroatoms. The van der Waals surface area contributed by atoms with Crippen molar-refractivity contribution in [2.45, 2.75) is 23.0 Å². The number of phenols is 1. The number of fused-ring (bicyclic) bond motifs is 1. The van der Waals surface area contributed by atoms with Crippen LogP contribution in [-0.2, 0) is 4.79 Å². The zero-order valence-electron chi connectivity index (χ0n) is 10.2. The lowest BCUT2D eigenvalue weighted by Crippen LogP contribution is -2.18. The number of carboxylic acid groups (broad SMARTS) is 1. The molecule has 2 aromatic carbocycles. The Hall–Kier alpha value is -1.68. The molecule has 2 N–H and O–H groups in total. The average Bonchev–Trinajstić information content (AvgIpc) is 3.22. The van der Waals surface area contributed by atoms with Crippen molar-refractivity contribution < 1.29 is 15.0 Å². The maximum atomic E-state index is 11.3. The fourth-order valence-electron chi connectivity index (χ4n) is 2.24. The second kappa shape index (κ2) is 4.78. The van der Waals surface area contributed by atoms with E-state index in [9.17, 15) is 15.0 Å². The zero-order valence-corrected chi connectivity index (χ0v) is 11.1. The van der Waals surface area contributed by atoms with Crippen LogP contribution in [0.25, 0.3) is 10.8 Å². The van der Waals surface area contributed by atoms with Gasteiger partial charge in [-0.15, -0.1) is 11.8 Å². The number of phenolic OH excluding ortho intramolecular Hbond substituents is 1. The Morgan fingerprint density at radius 1 is 1.16 bits per heavy atom. The number of carboxylic acids is 1. The highest BCUT2D eigenvalue weighted by Gasteiger charge is 2.37. The second-order valence-electron chi connectivity index (χ2n) is 4.84. The number of hydrogen-bond acceptors (Lipinski definition) is 3. The van der Waals surface area contributed by atoms with Gasteiger partial charge in [-0.2, -0.15) is 0 Å². The molecule has 1 unspecified atom stereocenters. The molecule has 0 bridgehead atoms. The molecule has 1 aliphatic carbocycles. The van der Waals surface area contributed by atoms with Gasteiger partial charge in [0.1, 0.15) is 11.0 Å². The molecule has 3 rings (SSSR count). The van der Waals surface area contributed by atoms with Crippen LogP contribution in [-0.4, -0.2) is 21.4 Å². The number of thioether (sulfide) groups is 1. The third kappa shape index (κ3) is 2.40. The molecule has 1 atom stereocenters. The van der Waals surface area contributed by atoms with Crippen LogP contribution in [0.15, 0.2) is 41.3 Å². The Morgan fingerprint density at radius 2 is 1.84 bits per heavy atom. The third-order valence-electron chi connectivity index (χ3n) is 3.41. The molecular formula is C15H14O3S. The van der Waals surface area contributed by atoms with Crippen LogP contribution < -0.4 is 0 Å². The van der Waals surface area contributed by atoms with Gasteiger partial charge < -0.3 is 10.2 Å². The smallest absolute Gasteiger partial charge is 0.317 e. The van der Waals surface area contributed by atoms with E-state index in [0.717, 1.165) is 28.5 Å². The van der Waals surface area contributed by atoms with Crippen molar-refractivity contribution in [3.8, 4) is 5.75 Å². The van der Waals surface area contributed by atoms with Crippen LogP contribution in [0, 0.1) is 5.92 Å². The minimum atomic E-state index is -0.746. The number of aliphatic carboxylic acids is 1. The third-order valence-corrected chi connectivity index (χ3v) is 4.86. The second-order valence-corrected chi connectivity index (χ2v) is 6.03. The fraction of sp³-hybridized carbons (Fsp3) is 0.267. The topological polar surface area (TPSA) is 57.5 Å². The minimum Gasteiger partial charge on any atom is -0.507 e. The number of benzene rings is 2. The quantitative estimate of drug-likeness (QED) is 0.838. The number of rotatable bonds is 4. The van der Waals surface area contributed by atoms with Crippen molar-refractivity contribution in [1.29, 1.82) is 0 Å². The van der Waals surface area contributed by atoms with E-state index in [0.29, 0.717) is 0 Å². The maximum Gasteiger partial charge on any atom is 0.317 e. The molecule has 98 valence electrons. The Labute approximate surface area is 115 Å². The van der Waals surface area contributed by atoms with E-state index >= 15 is 0 Å². The molecule has 1 saturated carbocycles. The minimum absolute atomic E-state index is 0.234. The van der Waals surface area contributed by atoms with E-state index in [1.165, 1.54) is 11.8 Å². The van der Waals surface area contributed by atoms with Gasteiger partial charge in [0, 0.05) is 10.3 Å². The molecule has 0 saturated heterocycles. The Morgan fingerprint density at radius 3 is 2.47 bits per heavy atom. The molecule has 0 radical (unpaired) electrons. The van der Waals surface area contributed by atoms with Gasteiger partial charge in [0.25, 0.3) is 0 Å². The molecule has 0 heterocycles. The summed E-state index contributed by atoms with van der Waals surface area (Å²) in [5.74, 6) is -0.224. The normalized spacial score (nSPS) is 16.4. The number of aromatic hydroxyl groups is 1. The lowest BCUT2D eigenvalue weighted by Gasteiger charge is -2.13. The van der Waals surface area contributed by atoms with Gasteiger partial charge in [0.2, 0.25) is 0 Å². The summed E-state index contributed by atoms with van der Waals surface area (Å²) in [6.45, 7) is 0. The lowest BCUT2D eigenvalue weighted by atomic mass is 10.1. The summed E-state index contributed by atoms with van der Waals surface area (Å²) in [7, 11) is 0. The largest absolute Gasteiger partial charge is 0.507 e. The van der Waals surface area contributed by atoms with Crippen molar-refractivity contribution in [2.75, 3.05) is 0 Å². The van der Waals surface area contributed by atoms with Crippen molar-refractivity contribution in [1.82, 2.24) is 0 Å². The molecule has 3 nitrogen and oxygen atoms in total. The first-order valence-electron chi connectivity index (χ1n) is 6.27. The van der Waals surface area contributed by atoms with Crippen LogP contribution in [0.4, 0.5) is 0 Å². The molecule has 19 heavy (non-hydrogen) atoms. The van der Waals surface area contributed by atoms with Gasteiger partial charge in [-0.1, -0.05) is 24.3 Å². The highest BCUT2D eigenvalue weighted by molar-refractivity contribution is 8.00. The fourth-order valence-corrected chi connectivity index (χ4v) is 3.53. The summed E-state index contributed by atoms with van der Waals surface area (Å²) in [4.78, 5) is 12.2. The Bertz CT molecular complexity index is 634. The lowest BCUT2D eigenvalue weighted by molar-refractivity contribution is -0.136. The summed E-state index contributed by atoms with van der Waals surface area (Å²) >= 11 is 1.39. The van der Waals surface area contributed by atoms with Crippen molar-refractivity contribution in [3.05, 3.63) is 36.4 Å². The highest BCUT2D eigenvalue weighted by atomic mass is 32.2. The standard InChI is InChI=1S/C15H14O3S/c16-12-7-8-13(11-4-2-1-3-10(11)12)19-14(15(17)18)9-5-6-9/h1-4,7-9,14,16H,5-6H2,(H,17,18). The van der Waals surface area contributed by atoms with E-state index in [2.05, 4.69) is 0 Å². The predicted molar refractivity (Wildman–Crippen MR) is 75.6 cm³/mol. The number of hydrogen-bond donors (Lipinski definition) is 2. The van der Waals surface area contributed by atoms with Crippen molar-refractivity contribution in [2.24, 2.45) is 5.92 Å². The molecule has 0 aliphatic heterocycles. The molecule has 2 aromatic rings. The summed E-state index contributed by atoms with van der Waals surface area (Å²) in [6.07, 6.45) is 2.00. The first-order valence-corrected chi connectivity index (χ1v) is 7.15. The summed E-state index contributed by atoms with van der Waals surface area (Å²) in [6, 6.07) is 11.0. The maximum absolute atomic E-state index is 11.3. The van der Waals surface area contributed by atoms with E-state index in [1.807, 2.05) is 24.3 Å². The van der Waals surface area contributed by atoms with Gasteiger partial charge >= 0.3 is 5.97 Å². The van der Waals surface area contributed by atoms with Crippen LogP contribution in [0.3, 0.4) is 0 Å². The molecular weight excluding hydrogens is 260 g/mol. The Kier molecular flexibility index (Phi) is 3.11. The van der Waals surface area contributed by atoms with Crippen molar-refractivity contribution in [3.63, 3.8) is 0 Å². The molecule has 1 aliphatic rings. The van der Waals surface area contributed by atoms with Gasteiger partial charge in [-0.05, 0) is 36.3 Å². The van der Waals surface area contributed by atoms with Gasteiger partial charge in [-0.3, -0.25) is 4.79 Å². The van der Waals surface area contributed by atoms with Crippen LogP contribution in [0.2, 0.25) is 0 Å². The van der Waals surface area contributed by atoms with Crippen LogP contribution >= 0.6 is 11.8 Å². The van der Waals surface area contributed by atoms with E-state index < -0.39 is 5.97 Å². The summed E-state index contributed by atoms with van der Waals surface area (Å²) in [5, 5.41) is 20.4. The first-order chi connectivity index (χ1) is 9.16. The van der Waals surface area contributed by atoms with E-state index in [-0.39, 0.29) is 16.9 Å². The number of carbonyl (C=O) groups is 1. The molecule has 1 fully saturated rings. The molecule has 0 aromatic heterocycles. The monoisotopic (exact) mass is 274 g/mol. The first kappa shape index (κ1) is 12.4. The van der Waals surface area contributed by atoms with Crippen LogP contribution in [0.5, 0.6) is 5.75 Å². The molecule has 0 spiro atoms. The van der Waals surface area contributed by atoms with Crippen molar-refractivity contribution >= 4 is 28.5 Å². The van der Waals surface area contributed by atoms with Crippen LogP contribution in [0.1, 0.15) is 12.8 Å².